The van der Waals surface area contributed by atoms with E-state index in [9.17, 15) is 22.0 Å². The largest absolute Gasteiger partial charge is 0.378 e. The Hall–Kier alpha value is -2.52. The number of carbonyl (C=O) groups excluding carboxylic acids is 1. The number of hydrogen-bond acceptors (Lipinski definition) is 4. The van der Waals surface area contributed by atoms with Gasteiger partial charge < -0.3 is 9.80 Å². The second-order valence-corrected chi connectivity index (χ2v) is 8.56. The Labute approximate surface area is 163 Å². The van der Waals surface area contributed by atoms with Crippen molar-refractivity contribution in [2.24, 2.45) is 0 Å². The van der Waals surface area contributed by atoms with E-state index in [2.05, 4.69) is 0 Å². The molecule has 3 rings (SSSR count). The fourth-order valence-electron chi connectivity index (χ4n) is 3.07. The molecule has 2 aromatic rings. The highest BCUT2D eigenvalue weighted by molar-refractivity contribution is 7.89. The van der Waals surface area contributed by atoms with E-state index in [0.29, 0.717) is 5.56 Å². The summed E-state index contributed by atoms with van der Waals surface area (Å²) < 4.78 is 54.0. The van der Waals surface area contributed by atoms with Gasteiger partial charge in [-0.2, -0.15) is 4.31 Å². The van der Waals surface area contributed by atoms with Crippen molar-refractivity contribution in [2.45, 2.75) is 4.90 Å². The number of amides is 1. The van der Waals surface area contributed by atoms with Gasteiger partial charge in [0.1, 0.15) is 11.6 Å². The Morgan fingerprint density at radius 2 is 1.46 bits per heavy atom. The highest BCUT2D eigenvalue weighted by Gasteiger charge is 2.34. The molecular formula is C19H21F2N3O3S. The van der Waals surface area contributed by atoms with E-state index >= 15 is 0 Å². The Kier molecular flexibility index (Phi) is 5.66. The predicted molar refractivity (Wildman–Crippen MR) is 102 cm³/mol. The predicted octanol–water partition coefficient (Wildman–Crippen LogP) is 2.18. The lowest BCUT2D eigenvalue weighted by molar-refractivity contribution is 0.0697. The van der Waals surface area contributed by atoms with Crippen molar-refractivity contribution in [1.82, 2.24) is 9.21 Å². The van der Waals surface area contributed by atoms with Crippen LogP contribution in [0.4, 0.5) is 14.5 Å². The standard InChI is InChI=1S/C19H21F2N3O3S/c1-22(2)15-8-6-14(7-9-15)19(25)23-10-12-24(13-11-23)28(26,27)18-16(20)4-3-5-17(18)21/h3-9H,10-13H2,1-2H3. The molecule has 0 radical (unpaired) electrons. The maximum absolute atomic E-state index is 13.9. The van der Waals surface area contributed by atoms with Crippen molar-refractivity contribution in [3.63, 3.8) is 0 Å². The summed E-state index contributed by atoms with van der Waals surface area (Å²) in [5, 5.41) is 0. The minimum absolute atomic E-state index is 0.0301. The fraction of sp³-hybridized carbons (Fsp3) is 0.316. The average molecular weight is 409 g/mol. The first kappa shape index (κ1) is 20.2. The third-order valence-electron chi connectivity index (χ3n) is 4.67. The summed E-state index contributed by atoms with van der Waals surface area (Å²) in [7, 11) is -0.517. The number of rotatable bonds is 4. The Morgan fingerprint density at radius 3 is 1.96 bits per heavy atom. The number of benzene rings is 2. The molecular weight excluding hydrogens is 388 g/mol. The van der Waals surface area contributed by atoms with E-state index in [1.54, 1.807) is 12.1 Å². The van der Waals surface area contributed by atoms with Gasteiger partial charge in [-0.25, -0.2) is 17.2 Å². The molecule has 2 aromatic carbocycles. The van der Waals surface area contributed by atoms with Gasteiger partial charge in [0, 0.05) is 51.5 Å². The van der Waals surface area contributed by atoms with Crippen molar-refractivity contribution >= 4 is 21.6 Å². The van der Waals surface area contributed by atoms with Crippen LogP contribution >= 0.6 is 0 Å². The molecule has 0 unspecified atom stereocenters. The lowest BCUT2D eigenvalue weighted by Gasteiger charge is -2.34. The zero-order valence-electron chi connectivity index (χ0n) is 15.6. The highest BCUT2D eigenvalue weighted by Crippen LogP contribution is 2.24. The smallest absolute Gasteiger partial charge is 0.253 e. The van der Waals surface area contributed by atoms with Crippen molar-refractivity contribution in [3.05, 3.63) is 59.7 Å². The summed E-state index contributed by atoms with van der Waals surface area (Å²) >= 11 is 0. The quantitative estimate of drug-likeness (QED) is 0.777. The van der Waals surface area contributed by atoms with E-state index in [1.807, 2.05) is 31.1 Å². The van der Waals surface area contributed by atoms with Gasteiger partial charge in [0.05, 0.1) is 0 Å². The molecule has 1 amide bonds. The van der Waals surface area contributed by atoms with Gasteiger partial charge in [-0.3, -0.25) is 4.79 Å². The number of piperazine rings is 1. The lowest BCUT2D eigenvalue weighted by Crippen LogP contribution is -2.50. The molecule has 0 aliphatic carbocycles. The Morgan fingerprint density at radius 1 is 0.929 bits per heavy atom. The summed E-state index contributed by atoms with van der Waals surface area (Å²) in [6, 6.07) is 10.0. The summed E-state index contributed by atoms with van der Waals surface area (Å²) in [6.45, 7) is 0.225. The van der Waals surface area contributed by atoms with Crippen molar-refractivity contribution in [1.29, 1.82) is 0 Å². The highest BCUT2D eigenvalue weighted by atomic mass is 32.2. The lowest BCUT2D eigenvalue weighted by atomic mass is 10.1. The zero-order chi connectivity index (χ0) is 20.5. The molecule has 1 aliphatic rings. The fourth-order valence-corrected chi connectivity index (χ4v) is 4.61. The van der Waals surface area contributed by atoms with Crippen LogP contribution in [-0.4, -0.2) is 63.8 Å². The van der Waals surface area contributed by atoms with Crippen LogP contribution in [0.5, 0.6) is 0 Å². The Bertz CT molecular complexity index is 950. The number of hydrogen-bond donors (Lipinski definition) is 0. The first-order valence-corrected chi connectivity index (χ1v) is 10.2. The zero-order valence-corrected chi connectivity index (χ0v) is 16.4. The molecule has 28 heavy (non-hydrogen) atoms. The number of anilines is 1. The van der Waals surface area contributed by atoms with Crippen molar-refractivity contribution < 1.29 is 22.0 Å². The molecule has 1 heterocycles. The molecule has 9 heteroatoms. The topological polar surface area (TPSA) is 60.9 Å². The van der Waals surface area contributed by atoms with E-state index in [1.165, 1.54) is 4.90 Å². The average Bonchev–Trinajstić information content (AvgIpc) is 2.67. The van der Waals surface area contributed by atoms with E-state index in [4.69, 9.17) is 0 Å². The number of carbonyl (C=O) groups is 1. The van der Waals surface area contributed by atoms with Gasteiger partial charge in [0.25, 0.3) is 5.91 Å². The third kappa shape index (κ3) is 3.85. The molecule has 0 bridgehead atoms. The van der Waals surface area contributed by atoms with Gasteiger partial charge in [0.15, 0.2) is 4.90 Å². The van der Waals surface area contributed by atoms with Gasteiger partial charge in [-0.15, -0.1) is 0 Å². The molecule has 0 N–H and O–H groups in total. The first-order chi connectivity index (χ1) is 13.2. The van der Waals surface area contributed by atoms with Crippen LogP contribution in [0, 0.1) is 11.6 Å². The van der Waals surface area contributed by atoms with Crippen LogP contribution in [-0.2, 0) is 10.0 Å². The SMILES string of the molecule is CN(C)c1ccc(C(=O)N2CCN(S(=O)(=O)c3c(F)cccc3F)CC2)cc1. The second kappa shape index (κ2) is 7.84. The maximum atomic E-state index is 13.9. The first-order valence-electron chi connectivity index (χ1n) is 8.72. The minimum Gasteiger partial charge on any atom is -0.378 e. The molecule has 150 valence electrons. The van der Waals surface area contributed by atoms with Crippen molar-refractivity contribution in [3.8, 4) is 0 Å². The van der Waals surface area contributed by atoms with Crippen LogP contribution in [0.15, 0.2) is 47.4 Å². The van der Waals surface area contributed by atoms with Crippen LogP contribution in [0.2, 0.25) is 0 Å². The van der Waals surface area contributed by atoms with Crippen LogP contribution in [0.1, 0.15) is 10.4 Å². The normalized spacial score (nSPS) is 15.5. The van der Waals surface area contributed by atoms with E-state index in [-0.39, 0.29) is 32.1 Å². The molecule has 0 spiro atoms. The van der Waals surface area contributed by atoms with Crippen LogP contribution in [0.25, 0.3) is 0 Å². The number of sulfonamides is 1. The van der Waals surface area contributed by atoms with Gasteiger partial charge in [0.2, 0.25) is 10.0 Å². The number of halogens is 2. The number of nitrogens with zero attached hydrogens (tertiary/aromatic N) is 3. The summed E-state index contributed by atoms with van der Waals surface area (Å²) in [6.07, 6.45) is 0. The molecule has 1 saturated heterocycles. The molecule has 0 aromatic heterocycles. The van der Waals surface area contributed by atoms with Crippen molar-refractivity contribution in [2.75, 3.05) is 45.2 Å². The van der Waals surface area contributed by atoms with Gasteiger partial charge >= 0.3 is 0 Å². The Balaban J connectivity index is 1.71. The second-order valence-electron chi connectivity index (χ2n) is 6.69. The van der Waals surface area contributed by atoms with E-state index in [0.717, 1.165) is 28.2 Å². The van der Waals surface area contributed by atoms with Gasteiger partial charge in [-0.05, 0) is 36.4 Å². The third-order valence-corrected chi connectivity index (χ3v) is 6.62. The van der Waals surface area contributed by atoms with Gasteiger partial charge in [-0.1, -0.05) is 6.07 Å². The van der Waals surface area contributed by atoms with Crippen LogP contribution < -0.4 is 4.90 Å². The molecule has 1 fully saturated rings. The summed E-state index contributed by atoms with van der Waals surface area (Å²) in [4.78, 5) is 15.1. The monoisotopic (exact) mass is 409 g/mol. The molecule has 1 aliphatic heterocycles. The minimum atomic E-state index is -4.31. The summed E-state index contributed by atoms with van der Waals surface area (Å²) in [5.41, 5.74) is 1.46. The maximum Gasteiger partial charge on any atom is 0.253 e. The molecule has 0 atom stereocenters. The van der Waals surface area contributed by atoms with Crippen LogP contribution in [0.3, 0.4) is 0 Å². The summed E-state index contributed by atoms with van der Waals surface area (Å²) in [5.74, 6) is -2.46. The molecule has 6 nitrogen and oxygen atoms in total. The van der Waals surface area contributed by atoms with E-state index < -0.39 is 26.6 Å². The molecule has 0 saturated carbocycles.